The standard InChI is InChI=1S/C32H35NO5/c1-2-3-4-5-6-7-8-9-10-23-36-28-19-13-26(14-20-28)31(34)38-30-21-15-27(16-22-30)32(35)37-29-17-11-25(24-33)12-18-29/h11-22H,2-10,23H2,1H3. The summed E-state index contributed by atoms with van der Waals surface area (Å²) in [6.45, 7) is 2.91. The highest BCUT2D eigenvalue weighted by Crippen LogP contribution is 2.19. The number of carbonyl (C=O) groups is 2. The minimum absolute atomic E-state index is 0.308. The largest absolute Gasteiger partial charge is 0.494 e. The fourth-order valence-electron chi connectivity index (χ4n) is 3.88. The Morgan fingerprint density at radius 2 is 1.03 bits per heavy atom. The third kappa shape index (κ3) is 9.74. The molecule has 0 radical (unpaired) electrons. The van der Waals surface area contributed by atoms with Crippen molar-refractivity contribution in [3.63, 3.8) is 0 Å². The van der Waals surface area contributed by atoms with E-state index < -0.39 is 11.9 Å². The van der Waals surface area contributed by atoms with Crippen LogP contribution in [0.2, 0.25) is 0 Å². The van der Waals surface area contributed by atoms with Gasteiger partial charge >= 0.3 is 11.9 Å². The maximum Gasteiger partial charge on any atom is 0.343 e. The third-order valence-corrected chi connectivity index (χ3v) is 6.10. The molecular formula is C32H35NO5. The van der Waals surface area contributed by atoms with Gasteiger partial charge in [-0.25, -0.2) is 9.59 Å². The first kappa shape index (κ1) is 28.5. The maximum atomic E-state index is 12.5. The molecule has 6 heteroatoms. The van der Waals surface area contributed by atoms with Gasteiger partial charge in [0.1, 0.15) is 17.2 Å². The number of nitriles is 1. The maximum absolute atomic E-state index is 12.5. The highest BCUT2D eigenvalue weighted by atomic mass is 16.5. The lowest BCUT2D eigenvalue weighted by Gasteiger charge is -2.08. The normalized spacial score (nSPS) is 10.4. The van der Waals surface area contributed by atoms with Crippen LogP contribution in [0.1, 0.15) is 91.0 Å². The van der Waals surface area contributed by atoms with E-state index in [0.717, 1.165) is 12.2 Å². The number of rotatable bonds is 15. The second-order valence-corrected chi connectivity index (χ2v) is 9.14. The summed E-state index contributed by atoms with van der Waals surface area (Å²) in [6.07, 6.45) is 11.4. The summed E-state index contributed by atoms with van der Waals surface area (Å²) in [7, 11) is 0. The van der Waals surface area contributed by atoms with E-state index >= 15 is 0 Å². The van der Waals surface area contributed by atoms with E-state index in [1.54, 1.807) is 48.5 Å². The topological polar surface area (TPSA) is 85.6 Å². The lowest BCUT2D eigenvalue weighted by atomic mass is 10.1. The minimum atomic E-state index is -0.550. The summed E-state index contributed by atoms with van der Waals surface area (Å²) in [5, 5.41) is 8.85. The average Bonchev–Trinajstić information content (AvgIpc) is 2.95. The van der Waals surface area contributed by atoms with Crippen molar-refractivity contribution in [1.29, 1.82) is 5.26 Å². The van der Waals surface area contributed by atoms with Gasteiger partial charge in [0.25, 0.3) is 0 Å². The molecule has 0 atom stereocenters. The molecule has 0 aliphatic carbocycles. The van der Waals surface area contributed by atoms with E-state index in [0.29, 0.717) is 34.8 Å². The summed E-state index contributed by atoms with van der Waals surface area (Å²) >= 11 is 0. The number of benzene rings is 3. The summed E-state index contributed by atoms with van der Waals surface area (Å²) < 4.78 is 16.5. The fourth-order valence-corrected chi connectivity index (χ4v) is 3.88. The van der Waals surface area contributed by atoms with Crippen LogP contribution in [-0.4, -0.2) is 18.5 Å². The van der Waals surface area contributed by atoms with Crippen LogP contribution in [-0.2, 0) is 0 Å². The van der Waals surface area contributed by atoms with Gasteiger partial charge in [-0.05, 0) is 79.2 Å². The van der Waals surface area contributed by atoms with Crippen LogP contribution in [0, 0.1) is 11.3 Å². The monoisotopic (exact) mass is 513 g/mol. The van der Waals surface area contributed by atoms with Gasteiger partial charge in [0, 0.05) is 0 Å². The van der Waals surface area contributed by atoms with Crippen LogP contribution >= 0.6 is 0 Å². The zero-order chi connectivity index (χ0) is 27.0. The molecule has 0 unspecified atom stereocenters. The van der Waals surface area contributed by atoms with Crippen LogP contribution in [0.4, 0.5) is 0 Å². The molecule has 38 heavy (non-hydrogen) atoms. The Morgan fingerprint density at radius 1 is 0.605 bits per heavy atom. The molecule has 0 heterocycles. The predicted octanol–water partition coefficient (Wildman–Crippen LogP) is 7.91. The quantitative estimate of drug-likeness (QED) is 0.117. The summed E-state index contributed by atoms with van der Waals surface area (Å²) in [6, 6.07) is 21.3. The smallest absolute Gasteiger partial charge is 0.343 e. The van der Waals surface area contributed by atoms with E-state index in [4.69, 9.17) is 19.5 Å². The predicted molar refractivity (Wildman–Crippen MR) is 147 cm³/mol. The number of nitrogens with zero attached hydrogens (tertiary/aromatic N) is 1. The number of esters is 2. The van der Waals surface area contributed by atoms with E-state index in [-0.39, 0.29) is 0 Å². The van der Waals surface area contributed by atoms with Crippen molar-refractivity contribution >= 4 is 11.9 Å². The van der Waals surface area contributed by atoms with Crippen molar-refractivity contribution in [2.45, 2.75) is 64.7 Å². The van der Waals surface area contributed by atoms with Gasteiger partial charge in [-0.1, -0.05) is 58.3 Å². The first-order valence-electron chi connectivity index (χ1n) is 13.4. The molecule has 0 aliphatic heterocycles. The van der Waals surface area contributed by atoms with Crippen LogP contribution in [0.3, 0.4) is 0 Å². The molecule has 0 saturated heterocycles. The van der Waals surface area contributed by atoms with Gasteiger partial charge in [-0.3, -0.25) is 0 Å². The number of carbonyl (C=O) groups excluding carboxylic acids is 2. The van der Waals surface area contributed by atoms with Gasteiger partial charge in [-0.15, -0.1) is 0 Å². The van der Waals surface area contributed by atoms with Gasteiger partial charge in [0.15, 0.2) is 0 Å². The summed E-state index contributed by atoms with van der Waals surface area (Å²) in [5.41, 5.74) is 1.19. The van der Waals surface area contributed by atoms with Crippen molar-refractivity contribution < 1.29 is 23.8 Å². The van der Waals surface area contributed by atoms with Crippen molar-refractivity contribution in [2.24, 2.45) is 0 Å². The number of hydrogen-bond acceptors (Lipinski definition) is 6. The number of hydrogen-bond donors (Lipinski definition) is 0. The zero-order valence-corrected chi connectivity index (χ0v) is 22.0. The van der Waals surface area contributed by atoms with Crippen LogP contribution < -0.4 is 14.2 Å². The van der Waals surface area contributed by atoms with Crippen LogP contribution in [0.15, 0.2) is 72.8 Å². The van der Waals surface area contributed by atoms with Gasteiger partial charge in [0.05, 0.1) is 29.4 Å². The van der Waals surface area contributed by atoms with E-state index in [1.807, 2.05) is 6.07 Å². The van der Waals surface area contributed by atoms with Crippen molar-refractivity contribution in [3.8, 4) is 23.3 Å². The molecule has 0 bridgehead atoms. The molecule has 0 spiro atoms. The molecular weight excluding hydrogens is 478 g/mol. The van der Waals surface area contributed by atoms with Crippen LogP contribution in [0.5, 0.6) is 17.2 Å². The third-order valence-electron chi connectivity index (χ3n) is 6.10. The Bertz CT molecular complexity index is 1180. The Morgan fingerprint density at radius 3 is 1.50 bits per heavy atom. The molecule has 3 aromatic carbocycles. The second kappa shape index (κ2) is 15.9. The lowest BCUT2D eigenvalue weighted by molar-refractivity contribution is 0.0730. The molecule has 198 valence electrons. The highest BCUT2D eigenvalue weighted by molar-refractivity contribution is 5.92. The van der Waals surface area contributed by atoms with Crippen LogP contribution in [0.25, 0.3) is 0 Å². The molecule has 0 aromatic heterocycles. The Balaban J connectivity index is 1.37. The molecule has 0 saturated carbocycles. The molecule has 0 amide bonds. The summed E-state index contributed by atoms with van der Waals surface area (Å²) in [5.74, 6) is 0.334. The molecule has 3 rings (SSSR count). The molecule has 3 aromatic rings. The number of unbranched alkanes of at least 4 members (excludes halogenated alkanes) is 8. The van der Waals surface area contributed by atoms with Crippen molar-refractivity contribution in [2.75, 3.05) is 6.61 Å². The Hall–Kier alpha value is -4.11. The van der Waals surface area contributed by atoms with Crippen molar-refractivity contribution in [3.05, 3.63) is 89.5 Å². The highest BCUT2D eigenvalue weighted by Gasteiger charge is 2.12. The zero-order valence-electron chi connectivity index (χ0n) is 22.0. The second-order valence-electron chi connectivity index (χ2n) is 9.14. The molecule has 0 aliphatic rings. The number of ether oxygens (including phenoxy) is 3. The van der Waals surface area contributed by atoms with Gasteiger partial charge in [-0.2, -0.15) is 5.26 Å². The molecule has 6 nitrogen and oxygen atoms in total. The lowest BCUT2D eigenvalue weighted by Crippen LogP contribution is -2.10. The van der Waals surface area contributed by atoms with E-state index in [2.05, 4.69) is 6.92 Å². The average molecular weight is 514 g/mol. The van der Waals surface area contributed by atoms with Gasteiger partial charge < -0.3 is 14.2 Å². The van der Waals surface area contributed by atoms with Gasteiger partial charge in [0.2, 0.25) is 0 Å². The first-order chi connectivity index (χ1) is 18.6. The molecule has 0 N–H and O–H groups in total. The minimum Gasteiger partial charge on any atom is -0.494 e. The SMILES string of the molecule is CCCCCCCCCCCOc1ccc(C(=O)Oc2ccc(C(=O)Oc3ccc(C#N)cc3)cc2)cc1. The van der Waals surface area contributed by atoms with Crippen molar-refractivity contribution in [1.82, 2.24) is 0 Å². The Kier molecular flexibility index (Phi) is 11.9. The van der Waals surface area contributed by atoms with E-state index in [9.17, 15) is 9.59 Å². The Labute approximate surface area is 225 Å². The fraction of sp³-hybridized carbons (Fsp3) is 0.344. The molecule has 0 fully saturated rings. The first-order valence-corrected chi connectivity index (χ1v) is 13.4. The van der Waals surface area contributed by atoms with E-state index in [1.165, 1.54) is 75.6 Å². The summed E-state index contributed by atoms with van der Waals surface area (Å²) in [4.78, 5) is 24.8.